The lowest BCUT2D eigenvalue weighted by Gasteiger charge is -2.26. The van der Waals surface area contributed by atoms with Gasteiger partial charge in [-0.1, -0.05) is 31.4 Å². The van der Waals surface area contributed by atoms with Gasteiger partial charge in [0.05, 0.1) is 14.2 Å². The lowest BCUT2D eigenvalue weighted by molar-refractivity contribution is -0.154. The minimum Gasteiger partial charge on any atom is -0.497 e. The van der Waals surface area contributed by atoms with Crippen LogP contribution in [0.15, 0.2) is 116 Å². The Morgan fingerprint density at radius 3 is 1.80 bits per heavy atom. The van der Waals surface area contributed by atoms with E-state index >= 15 is 0 Å². The Bertz CT molecular complexity index is 1580. The van der Waals surface area contributed by atoms with Gasteiger partial charge in [-0.3, -0.25) is 0 Å². The summed E-state index contributed by atoms with van der Waals surface area (Å²) in [5, 5.41) is 0. The van der Waals surface area contributed by atoms with Crippen molar-refractivity contribution in [3.05, 3.63) is 121 Å². The number of benzene rings is 4. The van der Waals surface area contributed by atoms with Crippen molar-refractivity contribution in [3.8, 4) is 28.4 Å². The van der Waals surface area contributed by atoms with Crippen LogP contribution in [0.3, 0.4) is 0 Å². The summed E-state index contributed by atoms with van der Waals surface area (Å²) in [4.78, 5) is 25.7. The summed E-state index contributed by atoms with van der Waals surface area (Å²) in [5.41, 5.74) is 6.39. The molecule has 0 aliphatic carbocycles. The van der Waals surface area contributed by atoms with E-state index in [-0.39, 0.29) is 18.8 Å². The molecule has 1 atom stereocenters. The molecule has 232 valence electrons. The number of ether oxygens (including phenoxy) is 5. The van der Waals surface area contributed by atoms with Gasteiger partial charge in [0.2, 0.25) is 0 Å². The van der Waals surface area contributed by atoms with E-state index in [1.807, 2.05) is 72.8 Å². The summed E-state index contributed by atoms with van der Waals surface area (Å²) in [5.74, 6) is 0.932. The Kier molecular flexibility index (Phi) is 11.0. The standard InChI is InChI=1S/C37H37NO7/c1-7-36(39)45-34(24-44-37(40)25(2)3)23-43-33-15-8-27(9-16-33)35-21-14-30(22-26(35)4)38(28-10-17-31(41-5)18-11-28)29-12-19-32(42-6)20-13-29/h7-22,34H,1-2,23-24H2,3-6H3. The zero-order valence-electron chi connectivity index (χ0n) is 25.9. The highest BCUT2D eigenvalue weighted by molar-refractivity contribution is 5.87. The third-order valence-electron chi connectivity index (χ3n) is 6.93. The van der Waals surface area contributed by atoms with E-state index in [4.69, 9.17) is 23.7 Å². The van der Waals surface area contributed by atoms with E-state index in [0.717, 1.165) is 51.3 Å². The lowest BCUT2D eigenvalue weighted by Crippen LogP contribution is -2.30. The molecule has 0 saturated carbocycles. The van der Waals surface area contributed by atoms with E-state index in [1.165, 1.54) is 6.92 Å². The van der Waals surface area contributed by atoms with E-state index in [2.05, 4.69) is 43.2 Å². The van der Waals surface area contributed by atoms with Gasteiger partial charge in [0.1, 0.15) is 30.5 Å². The second-order valence-corrected chi connectivity index (χ2v) is 10.2. The molecule has 0 heterocycles. The maximum Gasteiger partial charge on any atom is 0.333 e. The highest BCUT2D eigenvalue weighted by Crippen LogP contribution is 2.38. The van der Waals surface area contributed by atoms with Gasteiger partial charge in [0.25, 0.3) is 0 Å². The largest absolute Gasteiger partial charge is 0.497 e. The number of nitrogens with zero attached hydrogens (tertiary/aromatic N) is 1. The van der Waals surface area contributed by atoms with Gasteiger partial charge in [-0.05, 0) is 103 Å². The smallest absolute Gasteiger partial charge is 0.333 e. The SMILES string of the molecule is C=CC(=O)OC(COC(=O)C(=C)C)COc1ccc(-c2ccc(N(c3ccc(OC)cc3)c3ccc(OC)cc3)cc2C)cc1. The second-order valence-electron chi connectivity index (χ2n) is 10.2. The van der Waals surface area contributed by atoms with Gasteiger partial charge in [-0.25, -0.2) is 9.59 Å². The number of hydrogen-bond donors (Lipinski definition) is 0. The van der Waals surface area contributed by atoms with Crippen molar-refractivity contribution in [2.24, 2.45) is 0 Å². The van der Waals surface area contributed by atoms with Crippen molar-refractivity contribution < 1.29 is 33.3 Å². The molecule has 0 bridgehead atoms. The van der Waals surface area contributed by atoms with Crippen LogP contribution in [0, 0.1) is 6.92 Å². The third-order valence-corrected chi connectivity index (χ3v) is 6.93. The number of esters is 2. The molecule has 0 spiro atoms. The third kappa shape index (κ3) is 8.54. The van der Waals surface area contributed by atoms with Crippen LogP contribution in [-0.2, 0) is 19.1 Å². The number of anilines is 3. The molecule has 45 heavy (non-hydrogen) atoms. The van der Waals surface area contributed by atoms with Crippen molar-refractivity contribution in [1.82, 2.24) is 0 Å². The van der Waals surface area contributed by atoms with Gasteiger partial charge >= 0.3 is 11.9 Å². The number of hydrogen-bond acceptors (Lipinski definition) is 8. The van der Waals surface area contributed by atoms with Crippen LogP contribution in [0.25, 0.3) is 11.1 Å². The number of rotatable bonds is 14. The Morgan fingerprint density at radius 1 is 0.778 bits per heavy atom. The van der Waals surface area contributed by atoms with Crippen molar-refractivity contribution >= 4 is 29.0 Å². The first-order valence-electron chi connectivity index (χ1n) is 14.3. The number of aryl methyl sites for hydroxylation is 1. The van der Waals surface area contributed by atoms with Gasteiger partial charge in [0.15, 0.2) is 6.10 Å². The van der Waals surface area contributed by atoms with Crippen LogP contribution in [0.5, 0.6) is 17.2 Å². The first kappa shape index (κ1) is 32.4. The fraction of sp³-hybridized carbons (Fsp3) is 0.189. The average molecular weight is 608 g/mol. The molecule has 1 unspecified atom stereocenters. The second kappa shape index (κ2) is 15.3. The van der Waals surface area contributed by atoms with Crippen molar-refractivity contribution in [3.63, 3.8) is 0 Å². The van der Waals surface area contributed by atoms with E-state index in [9.17, 15) is 9.59 Å². The van der Waals surface area contributed by atoms with E-state index < -0.39 is 18.0 Å². The summed E-state index contributed by atoms with van der Waals surface area (Å²) >= 11 is 0. The van der Waals surface area contributed by atoms with Crippen molar-refractivity contribution in [2.45, 2.75) is 20.0 Å². The summed E-state index contributed by atoms with van der Waals surface area (Å²) < 4.78 is 27.0. The topological polar surface area (TPSA) is 83.5 Å². The van der Waals surface area contributed by atoms with Gasteiger partial charge in [-0.15, -0.1) is 0 Å². The van der Waals surface area contributed by atoms with Crippen LogP contribution in [0.1, 0.15) is 12.5 Å². The predicted molar refractivity (Wildman–Crippen MR) is 176 cm³/mol. The molecule has 0 aromatic heterocycles. The molecule has 0 aliphatic heterocycles. The normalized spacial score (nSPS) is 11.1. The summed E-state index contributed by atoms with van der Waals surface area (Å²) in [6, 6.07) is 29.8. The Balaban J connectivity index is 1.52. The Morgan fingerprint density at radius 2 is 1.31 bits per heavy atom. The zero-order chi connectivity index (χ0) is 32.3. The van der Waals surface area contributed by atoms with Gasteiger partial charge < -0.3 is 28.6 Å². The van der Waals surface area contributed by atoms with Crippen LogP contribution in [0.2, 0.25) is 0 Å². The minimum absolute atomic E-state index is 0.0112. The van der Waals surface area contributed by atoms with E-state index in [0.29, 0.717) is 5.75 Å². The molecule has 0 fully saturated rings. The molecule has 0 N–H and O–H groups in total. The fourth-order valence-corrected chi connectivity index (χ4v) is 4.56. The minimum atomic E-state index is -0.812. The summed E-state index contributed by atoms with van der Waals surface area (Å²) in [7, 11) is 3.30. The zero-order valence-corrected chi connectivity index (χ0v) is 25.9. The molecular weight excluding hydrogens is 570 g/mol. The summed E-state index contributed by atoms with van der Waals surface area (Å²) in [6.07, 6.45) is 0.232. The highest BCUT2D eigenvalue weighted by Gasteiger charge is 2.18. The van der Waals surface area contributed by atoms with Crippen LogP contribution in [0.4, 0.5) is 17.1 Å². The maximum absolute atomic E-state index is 11.8. The first-order valence-corrected chi connectivity index (χ1v) is 14.3. The van der Waals surface area contributed by atoms with Gasteiger partial charge in [0, 0.05) is 28.7 Å². The molecule has 8 heteroatoms. The van der Waals surface area contributed by atoms with Crippen LogP contribution < -0.4 is 19.1 Å². The highest BCUT2D eigenvalue weighted by atomic mass is 16.6. The van der Waals surface area contributed by atoms with Crippen LogP contribution >= 0.6 is 0 Å². The monoisotopic (exact) mass is 607 g/mol. The number of methoxy groups -OCH3 is 2. The maximum atomic E-state index is 11.8. The Hall–Kier alpha value is -5.50. The first-order chi connectivity index (χ1) is 21.7. The molecule has 4 aromatic rings. The number of carbonyl (C=O) groups excluding carboxylic acids is 2. The molecule has 4 aromatic carbocycles. The number of carbonyl (C=O) groups is 2. The lowest BCUT2D eigenvalue weighted by atomic mass is 9.99. The Labute approximate surface area is 264 Å². The molecule has 4 rings (SSSR count). The molecular formula is C37H37NO7. The van der Waals surface area contributed by atoms with E-state index in [1.54, 1.807) is 14.2 Å². The molecule has 0 aliphatic rings. The average Bonchev–Trinajstić information content (AvgIpc) is 3.06. The quantitative estimate of drug-likeness (QED) is 0.106. The van der Waals surface area contributed by atoms with Crippen molar-refractivity contribution in [2.75, 3.05) is 32.3 Å². The predicted octanol–water partition coefficient (Wildman–Crippen LogP) is 7.74. The molecule has 0 amide bonds. The van der Waals surface area contributed by atoms with Crippen LogP contribution in [-0.4, -0.2) is 45.5 Å². The van der Waals surface area contributed by atoms with Gasteiger partial charge in [-0.2, -0.15) is 0 Å². The molecule has 0 saturated heterocycles. The fourth-order valence-electron chi connectivity index (χ4n) is 4.56. The van der Waals surface area contributed by atoms with Crippen molar-refractivity contribution in [1.29, 1.82) is 0 Å². The summed E-state index contributed by atoms with van der Waals surface area (Å²) in [6.45, 7) is 10.4. The molecule has 8 nitrogen and oxygen atoms in total. The molecule has 0 radical (unpaired) electrons.